The molecule has 0 aromatic heterocycles. The predicted molar refractivity (Wildman–Crippen MR) is 72.9 cm³/mol. The van der Waals surface area contributed by atoms with Crippen LogP contribution >= 0.6 is 11.6 Å². The van der Waals surface area contributed by atoms with Crippen molar-refractivity contribution in [2.75, 3.05) is 0 Å². The van der Waals surface area contributed by atoms with E-state index < -0.39 is 17.7 Å². The van der Waals surface area contributed by atoms with Gasteiger partial charge in [-0.3, -0.25) is 4.79 Å². The first-order chi connectivity index (χ1) is 8.99. The number of benzene rings is 2. The maximum absolute atomic E-state index is 14.1. The Morgan fingerprint density at radius 3 is 2.58 bits per heavy atom. The monoisotopic (exact) mass is 278 g/mol. The van der Waals surface area contributed by atoms with Crippen LogP contribution in [0.25, 0.3) is 11.1 Å². The second-order valence-corrected chi connectivity index (χ2v) is 4.75. The number of halogens is 2. The van der Waals surface area contributed by atoms with E-state index in [1.807, 2.05) is 0 Å². The minimum atomic E-state index is -0.977. The van der Waals surface area contributed by atoms with Crippen molar-refractivity contribution in [1.82, 2.24) is 0 Å². The van der Waals surface area contributed by atoms with Gasteiger partial charge in [-0.25, -0.2) is 4.39 Å². The van der Waals surface area contributed by atoms with Gasteiger partial charge in [0.05, 0.1) is 5.92 Å². The van der Waals surface area contributed by atoms with Crippen LogP contribution in [0.4, 0.5) is 4.39 Å². The molecule has 0 spiro atoms. The minimum Gasteiger partial charge on any atom is -0.481 e. The van der Waals surface area contributed by atoms with E-state index in [4.69, 9.17) is 16.7 Å². The number of hydrogen-bond donors (Lipinski definition) is 1. The zero-order valence-electron chi connectivity index (χ0n) is 10.2. The third kappa shape index (κ3) is 2.93. The van der Waals surface area contributed by atoms with E-state index >= 15 is 0 Å². The van der Waals surface area contributed by atoms with Gasteiger partial charge in [0.2, 0.25) is 0 Å². The zero-order valence-corrected chi connectivity index (χ0v) is 11.0. The molecule has 1 N–H and O–H groups in total. The number of carbonyl (C=O) groups is 1. The minimum absolute atomic E-state index is 0.406. The maximum Gasteiger partial charge on any atom is 0.310 e. The van der Waals surface area contributed by atoms with E-state index in [9.17, 15) is 9.18 Å². The molecule has 0 unspecified atom stereocenters. The quantitative estimate of drug-likeness (QED) is 0.907. The lowest BCUT2D eigenvalue weighted by Crippen LogP contribution is -2.07. The first kappa shape index (κ1) is 13.6. The SMILES string of the molecule is C[C@H](C(=O)O)c1ccc(-c2cccc(Cl)c2)c(F)c1. The Labute approximate surface area is 115 Å². The van der Waals surface area contributed by atoms with Gasteiger partial charge in [0, 0.05) is 10.6 Å². The van der Waals surface area contributed by atoms with Crippen molar-refractivity contribution in [2.45, 2.75) is 12.8 Å². The summed E-state index contributed by atoms with van der Waals surface area (Å²) < 4.78 is 14.1. The smallest absolute Gasteiger partial charge is 0.310 e. The molecule has 2 aromatic rings. The average molecular weight is 279 g/mol. The first-order valence-corrected chi connectivity index (χ1v) is 6.15. The van der Waals surface area contributed by atoms with Crippen LogP contribution in [0.15, 0.2) is 42.5 Å². The fourth-order valence-corrected chi connectivity index (χ4v) is 2.02. The van der Waals surface area contributed by atoms with Gasteiger partial charge in [0.15, 0.2) is 0 Å². The summed E-state index contributed by atoms with van der Waals surface area (Å²) in [5.41, 5.74) is 1.51. The van der Waals surface area contributed by atoms with Crippen LogP contribution in [0.2, 0.25) is 5.02 Å². The number of carboxylic acids is 1. The van der Waals surface area contributed by atoms with Crippen LogP contribution in [0.3, 0.4) is 0 Å². The third-order valence-corrected chi connectivity index (χ3v) is 3.23. The van der Waals surface area contributed by atoms with Crippen LogP contribution in [0.1, 0.15) is 18.4 Å². The van der Waals surface area contributed by atoms with Crippen LogP contribution in [0.5, 0.6) is 0 Å². The van der Waals surface area contributed by atoms with Crippen LogP contribution in [-0.4, -0.2) is 11.1 Å². The molecule has 19 heavy (non-hydrogen) atoms. The Hall–Kier alpha value is -1.87. The van der Waals surface area contributed by atoms with E-state index in [0.717, 1.165) is 0 Å². The Morgan fingerprint density at radius 1 is 1.26 bits per heavy atom. The van der Waals surface area contributed by atoms with Gasteiger partial charge in [-0.2, -0.15) is 0 Å². The molecule has 0 heterocycles. The molecule has 2 rings (SSSR count). The highest BCUT2D eigenvalue weighted by molar-refractivity contribution is 6.30. The zero-order chi connectivity index (χ0) is 14.0. The van der Waals surface area contributed by atoms with Gasteiger partial charge < -0.3 is 5.11 Å². The molecule has 0 aliphatic rings. The normalized spacial score (nSPS) is 12.2. The number of rotatable bonds is 3. The lowest BCUT2D eigenvalue weighted by atomic mass is 9.97. The molecule has 4 heteroatoms. The Bertz CT molecular complexity index is 625. The fraction of sp³-hybridized carbons (Fsp3) is 0.133. The van der Waals surface area contributed by atoms with Gasteiger partial charge in [-0.15, -0.1) is 0 Å². The van der Waals surface area contributed by atoms with Crippen LogP contribution in [-0.2, 0) is 4.79 Å². The fourth-order valence-electron chi connectivity index (χ4n) is 1.83. The molecule has 0 saturated heterocycles. The van der Waals surface area contributed by atoms with Crippen molar-refractivity contribution in [2.24, 2.45) is 0 Å². The molecule has 0 aliphatic heterocycles. The molecule has 0 radical (unpaired) electrons. The van der Waals surface area contributed by atoms with Crippen molar-refractivity contribution in [3.8, 4) is 11.1 Å². The molecule has 2 nitrogen and oxygen atoms in total. The van der Waals surface area contributed by atoms with Crippen LogP contribution in [0, 0.1) is 5.82 Å². The van der Waals surface area contributed by atoms with Gasteiger partial charge in [0.1, 0.15) is 5.82 Å². The molecule has 0 aliphatic carbocycles. The maximum atomic E-state index is 14.1. The van der Waals surface area contributed by atoms with Gasteiger partial charge in [-0.1, -0.05) is 35.9 Å². The Morgan fingerprint density at radius 2 is 2.00 bits per heavy atom. The highest BCUT2D eigenvalue weighted by Gasteiger charge is 2.16. The van der Waals surface area contributed by atoms with Crippen molar-refractivity contribution >= 4 is 17.6 Å². The number of carboxylic acid groups (broad SMARTS) is 1. The second kappa shape index (κ2) is 5.41. The van der Waals surface area contributed by atoms with E-state index in [2.05, 4.69) is 0 Å². The highest BCUT2D eigenvalue weighted by Crippen LogP contribution is 2.28. The summed E-state index contributed by atoms with van der Waals surface area (Å²) in [6.07, 6.45) is 0. The van der Waals surface area contributed by atoms with Crippen molar-refractivity contribution in [1.29, 1.82) is 0 Å². The molecule has 1 atom stereocenters. The van der Waals surface area contributed by atoms with Gasteiger partial charge in [-0.05, 0) is 36.2 Å². The van der Waals surface area contributed by atoms with E-state index in [1.54, 1.807) is 36.4 Å². The predicted octanol–water partition coefficient (Wildman–Crippen LogP) is 4.33. The number of hydrogen-bond acceptors (Lipinski definition) is 1. The van der Waals surface area contributed by atoms with Gasteiger partial charge >= 0.3 is 5.97 Å². The summed E-state index contributed by atoms with van der Waals surface area (Å²) in [7, 11) is 0. The Balaban J connectivity index is 2.42. The van der Waals surface area contributed by atoms with Crippen LogP contribution < -0.4 is 0 Å². The molecule has 0 fully saturated rings. The van der Waals surface area contributed by atoms with Gasteiger partial charge in [0.25, 0.3) is 0 Å². The summed E-state index contributed by atoms with van der Waals surface area (Å²) in [5, 5.41) is 9.44. The molecule has 0 amide bonds. The molecular weight excluding hydrogens is 267 g/mol. The summed E-state index contributed by atoms with van der Waals surface area (Å²) in [6, 6.07) is 11.3. The highest BCUT2D eigenvalue weighted by atomic mass is 35.5. The van der Waals surface area contributed by atoms with Crippen molar-refractivity contribution in [3.63, 3.8) is 0 Å². The third-order valence-electron chi connectivity index (χ3n) is 3.00. The molecule has 0 saturated carbocycles. The van der Waals surface area contributed by atoms with Crippen molar-refractivity contribution in [3.05, 3.63) is 58.9 Å². The molecular formula is C15H12ClFO2. The largest absolute Gasteiger partial charge is 0.481 e. The first-order valence-electron chi connectivity index (χ1n) is 5.77. The molecule has 0 bridgehead atoms. The van der Waals surface area contributed by atoms with E-state index in [1.165, 1.54) is 13.0 Å². The summed E-state index contributed by atoms with van der Waals surface area (Å²) >= 11 is 5.87. The Kier molecular flexibility index (Phi) is 3.86. The summed E-state index contributed by atoms with van der Waals surface area (Å²) in [6.45, 7) is 1.52. The van der Waals surface area contributed by atoms with Crippen molar-refractivity contribution < 1.29 is 14.3 Å². The topological polar surface area (TPSA) is 37.3 Å². The molecule has 98 valence electrons. The van der Waals surface area contributed by atoms with E-state index in [0.29, 0.717) is 21.7 Å². The summed E-state index contributed by atoms with van der Waals surface area (Å²) in [5.74, 6) is -2.16. The second-order valence-electron chi connectivity index (χ2n) is 4.31. The molecule has 2 aromatic carbocycles. The lowest BCUT2D eigenvalue weighted by Gasteiger charge is -2.09. The average Bonchev–Trinajstić information content (AvgIpc) is 2.37. The standard InChI is InChI=1S/C15H12ClFO2/c1-9(15(18)19)10-5-6-13(14(17)8-10)11-3-2-4-12(16)7-11/h2-9H,1H3,(H,18,19)/t9-/m0/s1. The van der Waals surface area contributed by atoms with E-state index in [-0.39, 0.29) is 0 Å². The number of aliphatic carboxylic acids is 1. The summed E-state index contributed by atoms with van der Waals surface area (Å²) in [4.78, 5) is 10.9. The lowest BCUT2D eigenvalue weighted by molar-refractivity contribution is -0.138.